The highest BCUT2D eigenvalue weighted by Gasteiger charge is 2.33. The molecule has 24 heavy (non-hydrogen) atoms. The first-order valence-electron chi connectivity index (χ1n) is 8.45. The van der Waals surface area contributed by atoms with Gasteiger partial charge < -0.3 is 19.7 Å². The van der Waals surface area contributed by atoms with Crippen LogP contribution in [0.2, 0.25) is 0 Å². The smallest absolute Gasteiger partial charge is 0.229 e. The molecule has 0 spiro atoms. The number of hydrogen-bond acceptors (Lipinski definition) is 4. The van der Waals surface area contributed by atoms with Crippen molar-refractivity contribution in [3.63, 3.8) is 0 Å². The van der Waals surface area contributed by atoms with Crippen molar-refractivity contribution in [2.45, 2.75) is 38.1 Å². The lowest BCUT2D eigenvalue weighted by Gasteiger charge is -2.19. The summed E-state index contributed by atoms with van der Waals surface area (Å²) in [6, 6.07) is 5.28. The van der Waals surface area contributed by atoms with E-state index in [0.29, 0.717) is 24.5 Å². The van der Waals surface area contributed by atoms with E-state index in [2.05, 4.69) is 5.32 Å². The van der Waals surface area contributed by atoms with Crippen LogP contribution >= 0.6 is 0 Å². The number of rotatable bonds is 5. The largest absolute Gasteiger partial charge is 0.493 e. The number of carbonyl (C=O) groups is 2. The highest BCUT2D eigenvalue weighted by Crippen LogP contribution is 2.33. The molecular weight excluding hydrogens is 308 g/mol. The summed E-state index contributed by atoms with van der Waals surface area (Å²) < 4.78 is 10.5. The van der Waals surface area contributed by atoms with Crippen molar-refractivity contribution in [3.05, 3.63) is 18.2 Å². The third-order valence-electron chi connectivity index (χ3n) is 4.88. The second-order valence-corrected chi connectivity index (χ2v) is 6.43. The molecule has 6 heteroatoms. The lowest BCUT2D eigenvalue weighted by molar-refractivity contribution is -0.125. The van der Waals surface area contributed by atoms with Crippen LogP contribution in [0.4, 0.5) is 5.69 Å². The van der Waals surface area contributed by atoms with Gasteiger partial charge in [-0.3, -0.25) is 9.59 Å². The molecule has 1 aromatic carbocycles. The SMILES string of the molecule is COc1ccc(N2C[C@@H](NC(=O)C3CCCC3)CC2=O)cc1OC. The molecule has 1 saturated heterocycles. The Bertz CT molecular complexity index is 625. The van der Waals surface area contributed by atoms with Crippen LogP contribution in [0, 0.1) is 5.92 Å². The van der Waals surface area contributed by atoms with E-state index in [1.807, 2.05) is 6.07 Å². The molecule has 0 unspecified atom stereocenters. The van der Waals surface area contributed by atoms with Gasteiger partial charge in [0.1, 0.15) is 0 Å². The third-order valence-corrected chi connectivity index (χ3v) is 4.88. The Labute approximate surface area is 142 Å². The minimum atomic E-state index is -0.126. The molecule has 1 atom stereocenters. The fourth-order valence-electron chi connectivity index (χ4n) is 3.55. The molecule has 1 saturated carbocycles. The molecule has 2 fully saturated rings. The first-order chi connectivity index (χ1) is 11.6. The van der Waals surface area contributed by atoms with Gasteiger partial charge in [0.25, 0.3) is 0 Å². The summed E-state index contributed by atoms with van der Waals surface area (Å²) in [4.78, 5) is 26.3. The van der Waals surface area contributed by atoms with Gasteiger partial charge in [0, 0.05) is 30.6 Å². The van der Waals surface area contributed by atoms with Gasteiger partial charge >= 0.3 is 0 Å². The molecule has 130 valence electrons. The van der Waals surface area contributed by atoms with E-state index in [4.69, 9.17) is 9.47 Å². The second-order valence-electron chi connectivity index (χ2n) is 6.43. The Hall–Kier alpha value is -2.24. The van der Waals surface area contributed by atoms with Gasteiger partial charge in [-0.2, -0.15) is 0 Å². The maximum absolute atomic E-state index is 12.3. The van der Waals surface area contributed by atoms with Gasteiger partial charge in [-0.25, -0.2) is 0 Å². The van der Waals surface area contributed by atoms with E-state index < -0.39 is 0 Å². The van der Waals surface area contributed by atoms with Crippen molar-refractivity contribution in [2.24, 2.45) is 5.92 Å². The standard InChI is InChI=1S/C18H24N2O4/c1-23-15-8-7-14(10-16(15)24-2)20-11-13(9-17(20)21)19-18(22)12-5-3-4-6-12/h7-8,10,12-13H,3-6,9,11H2,1-2H3,(H,19,22)/t13-/m0/s1. The van der Waals surface area contributed by atoms with Crippen molar-refractivity contribution in [3.8, 4) is 11.5 Å². The number of ether oxygens (including phenoxy) is 2. The van der Waals surface area contributed by atoms with Gasteiger partial charge in [-0.15, -0.1) is 0 Å². The van der Waals surface area contributed by atoms with Crippen molar-refractivity contribution in [2.75, 3.05) is 25.7 Å². The van der Waals surface area contributed by atoms with E-state index in [0.717, 1.165) is 31.4 Å². The zero-order chi connectivity index (χ0) is 17.1. The van der Waals surface area contributed by atoms with Gasteiger partial charge in [0.15, 0.2) is 11.5 Å². The van der Waals surface area contributed by atoms with Crippen LogP contribution in [0.1, 0.15) is 32.1 Å². The Kier molecular flexibility index (Phi) is 4.92. The molecule has 0 radical (unpaired) electrons. The molecule has 1 N–H and O–H groups in total. The Balaban J connectivity index is 1.67. The molecule has 0 aromatic heterocycles. The highest BCUT2D eigenvalue weighted by molar-refractivity contribution is 5.97. The number of benzene rings is 1. The summed E-state index contributed by atoms with van der Waals surface area (Å²) in [6.07, 6.45) is 4.52. The van der Waals surface area contributed by atoms with Gasteiger partial charge in [-0.1, -0.05) is 12.8 Å². The van der Waals surface area contributed by atoms with E-state index in [9.17, 15) is 9.59 Å². The normalized spacial score (nSPS) is 21.2. The number of nitrogens with one attached hydrogen (secondary N) is 1. The Morgan fingerprint density at radius 2 is 1.88 bits per heavy atom. The fourth-order valence-corrected chi connectivity index (χ4v) is 3.55. The lowest BCUT2D eigenvalue weighted by atomic mass is 10.1. The van der Waals surface area contributed by atoms with Crippen molar-refractivity contribution >= 4 is 17.5 Å². The minimum absolute atomic E-state index is 0.0129. The van der Waals surface area contributed by atoms with Gasteiger partial charge in [0.2, 0.25) is 11.8 Å². The van der Waals surface area contributed by atoms with Crippen molar-refractivity contribution < 1.29 is 19.1 Å². The fraction of sp³-hybridized carbons (Fsp3) is 0.556. The predicted octanol–water partition coefficient (Wildman–Crippen LogP) is 2.12. The topological polar surface area (TPSA) is 67.9 Å². The lowest BCUT2D eigenvalue weighted by Crippen LogP contribution is -2.40. The molecule has 0 bridgehead atoms. The maximum atomic E-state index is 12.3. The predicted molar refractivity (Wildman–Crippen MR) is 90.4 cm³/mol. The number of amides is 2. The summed E-state index contributed by atoms with van der Waals surface area (Å²) >= 11 is 0. The molecule has 1 aromatic rings. The van der Waals surface area contributed by atoms with E-state index in [-0.39, 0.29) is 23.8 Å². The molecule has 2 aliphatic rings. The molecular formula is C18H24N2O4. The maximum Gasteiger partial charge on any atom is 0.229 e. The monoisotopic (exact) mass is 332 g/mol. The van der Waals surface area contributed by atoms with Crippen LogP contribution < -0.4 is 19.7 Å². The van der Waals surface area contributed by atoms with Crippen molar-refractivity contribution in [1.29, 1.82) is 0 Å². The van der Waals surface area contributed by atoms with Crippen LogP contribution in [-0.4, -0.2) is 38.6 Å². The summed E-state index contributed by atoms with van der Waals surface area (Å²) in [5.74, 6) is 1.44. The molecule has 1 heterocycles. The van der Waals surface area contributed by atoms with Crippen LogP contribution in [0.3, 0.4) is 0 Å². The highest BCUT2D eigenvalue weighted by atomic mass is 16.5. The Morgan fingerprint density at radius 3 is 2.54 bits per heavy atom. The van der Waals surface area contributed by atoms with Crippen LogP contribution in [-0.2, 0) is 9.59 Å². The third kappa shape index (κ3) is 3.32. The first-order valence-corrected chi connectivity index (χ1v) is 8.45. The van der Waals surface area contributed by atoms with E-state index in [1.54, 1.807) is 31.3 Å². The summed E-state index contributed by atoms with van der Waals surface area (Å²) in [5.41, 5.74) is 0.760. The number of hydrogen-bond donors (Lipinski definition) is 1. The molecule has 1 aliphatic carbocycles. The average Bonchev–Trinajstić information content (AvgIpc) is 3.24. The number of nitrogens with zero attached hydrogens (tertiary/aromatic N) is 1. The number of anilines is 1. The average molecular weight is 332 g/mol. The Morgan fingerprint density at radius 1 is 1.17 bits per heavy atom. The zero-order valence-electron chi connectivity index (χ0n) is 14.2. The number of methoxy groups -OCH3 is 2. The zero-order valence-corrected chi connectivity index (χ0v) is 14.2. The molecule has 2 amide bonds. The van der Waals surface area contributed by atoms with E-state index >= 15 is 0 Å². The summed E-state index contributed by atoms with van der Waals surface area (Å²) in [5, 5.41) is 3.04. The van der Waals surface area contributed by atoms with E-state index in [1.165, 1.54) is 0 Å². The van der Waals surface area contributed by atoms with Crippen LogP contribution in [0.15, 0.2) is 18.2 Å². The molecule has 6 nitrogen and oxygen atoms in total. The van der Waals surface area contributed by atoms with Crippen LogP contribution in [0.25, 0.3) is 0 Å². The molecule has 1 aliphatic heterocycles. The first kappa shape index (κ1) is 16.6. The quantitative estimate of drug-likeness (QED) is 0.897. The second kappa shape index (κ2) is 7.11. The summed E-state index contributed by atoms with van der Waals surface area (Å²) in [7, 11) is 3.14. The summed E-state index contributed by atoms with van der Waals surface area (Å²) in [6.45, 7) is 0.493. The van der Waals surface area contributed by atoms with Crippen molar-refractivity contribution in [1.82, 2.24) is 5.32 Å². The van der Waals surface area contributed by atoms with Gasteiger partial charge in [-0.05, 0) is 25.0 Å². The van der Waals surface area contributed by atoms with Gasteiger partial charge in [0.05, 0.1) is 20.3 Å². The van der Waals surface area contributed by atoms with Crippen LogP contribution in [0.5, 0.6) is 11.5 Å². The minimum Gasteiger partial charge on any atom is -0.493 e. The molecule has 3 rings (SSSR count). The number of carbonyl (C=O) groups excluding carboxylic acids is 2.